The van der Waals surface area contributed by atoms with Crippen molar-refractivity contribution in [3.63, 3.8) is 0 Å². The fraction of sp³-hybridized carbons (Fsp3) is 0.364. The lowest BCUT2D eigenvalue weighted by atomic mass is 10.0. The zero-order valence-corrected chi connectivity index (χ0v) is 10.9. The summed E-state index contributed by atoms with van der Waals surface area (Å²) in [7, 11) is 3.04. The van der Waals surface area contributed by atoms with Crippen molar-refractivity contribution in [2.75, 3.05) is 14.2 Å². The summed E-state index contributed by atoms with van der Waals surface area (Å²) in [6.07, 6.45) is 0. The summed E-state index contributed by atoms with van der Waals surface area (Å²) in [6.45, 7) is 1.62. The predicted molar refractivity (Wildman–Crippen MR) is 63.3 cm³/mol. The summed E-state index contributed by atoms with van der Waals surface area (Å²) in [5.41, 5.74) is 0.664. The van der Waals surface area contributed by atoms with Crippen molar-refractivity contribution in [1.82, 2.24) is 0 Å². The molecule has 1 aromatic rings. The smallest absolute Gasteiger partial charge is 0.310 e. The lowest BCUT2D eigenvalue weighted by molar-refractivity contribution is -0.138. The standard InChI is InChI=1S/C11H13BrO4/c1-6(11(13)14)7-4-8(12)10(16-3)9(5-7)15-2/h4-6H,1-3H3,(H,13,14). The van der Waals surface area contributed by atoms with Gasteiger partial charge in [0.1, 0.15) is 0 Å². The van der Waals surface area contributed by atoms with Gasteiger partial charge in [-0.2, -0.15) is 0 Å². The van der Waals surface area contributed by atoms with Gasteiger partial charge in [-0.1, -0.05) is 0 Å². The molecule has 0 aliphatic heterocycles. The van der Waals surface area contributed by atoms with Crippen molar-refractivity contribution >= 4 is 21.9 Å². The predicted octanol–water partition coefficient (Wildman–Crippen LogP) is 2.65. The Bertz CT molecular complexity index is 403. The maximum Gasteiger partial charge on any atom is 0.310 e. The van der Waals surface area contributed by atoms with E-state index < -0.39 is 11.9 Å². The molecule has 0 bridgehead atoms. The maximum atomic E-state index is 10.9. The molecule has 0 amide bonds. The summed E-state index contributed by atoms with van der Waals surface area (Å²) in [4.78, 5) is 10.9. The van der Waals surface area contributed by atoms with Crippen molar-refractivity contribution < 1.29 is 19.4 Å². The van der Waals surface area contributed by atoms with Gasteiger partial charge in [0, 0.05) is 0 Å². The van der Waals surface area contributed by atoms with Gasteiger partial charge in [-0.3, -0.25) is 4.79 Å². The fourth-order valence-corrected chi connectivity index (χ4v) is 1.95. The summed E-state index contributed by atoms with van der Waals surface area (Å²) in [6, 6.07) is 3.39. The molecule has 1 atom stereocenters. The molecule has 0 aliphatic carbocycles. The van der Waals surface area contributed by atoms with Gasteiger partial charge in [0.15, 0.2) is 11.5 Å². The first-order valence-electron chi connectivity index (χ1n) is 4.65. The van der Waals surface area contributed by atoms with Gasteiger partial charge in [-0.25, -0.2) is 0 Å². The number of carboxylic acids is 1. The molecule has 1 aromatic carbocycles. The van der Waals surface area contributed by atoms with Gasteiger partial charge in [-0.05, 0) is 40.5 Å². The van der Waals surface area contributed by atoms with Crippen LogP contribution in [-0.2, 0) is 4.79 Å². The number of halogens is 1. The Morgan fingerprint density at radius 1 is 1.38 bits per heavy atom. The van der Waals surface area contributed by atoms with Crippen LogP contribution in [0.3, 0.4) is 0 Å². The number of benzene rings is 1. The Morgan fingerprint density at radius 2 is 2.00 bits per heavy atom. The molecule has 0 heterocycles. The van der Waals surface area contributed by atoms with Gasteiger partial charge in [-0.15, -0.1) is 0 Å². The molecule has 0 saturated carbocycles. The van der Waals surface area contributed by atoms with E-state index in [1.54, 1.807) is 19.1 Å². The molecule has 16 heavy (non-hydrogen) atoms. The van der Waals surface area contributed by atoms with Gasteiger partial charge in [0.25, 0.3) is 0 Å². The average molecular weight is 289 g/mol. The monoisotopic (exact) mass is 288 g/mol. The topological polar surface area (TPSA) is 55.8 Å². The molecule has 0 aliphatic rings. The zero-order chi connectivity index (χ0) is 12.3. The summed E-state index contributed by atoms with van der Waals surface area (Å²) in [5, 5.41) is 8.93. The Balaban J connectivity index is 3.25. The number of carboxylic acid groups (broad SMARTS) is 1. The van der Waals surface area contributed by atoms with E-state index >= 15 is 0 Å². The molecule has 0 saturated heterocycles. The molecular weight excluding hydrogens is 276 g/mol. The Labute approximate surface area is 102 Å². The highest BCUT2D eigenvalue weighted by molar-refractivity contribution is 9.10. The first kappa shape index (κ1) is 12.8. The number of ether oxygens (including phenoxy) is 2. The van der Waals surface area contributed by atoms with E-state index in [4.69, 9.17) is 14.6 Å². The number of hydrogen-bond acceptors (Lipinski definition) is 3. The minimum absolute atomic E-state index is 0.514. The van der Waals surface area contributed by atoms with Crippen LogP contribution in [-0.4, -0.2) is 25.3 Å². The van der Waals surface area contributed by atoms with Crippen LogP contribution in [0.2, 0.25) is 0 Å². The van der Waals surface area contributed by atoms with Crippen LogP contribution in [0, 0.1) is 0 Å². The lowest BCUT2D eigenvalue weighted by Gasteiger charge is -2.13. The van der Waals surface area contributed by atoms with Crippen molar-refractivity contribution in [1.29, 1.82) is 0 Å². The third-order valence-corrected chi connectivity index (χ3v) is 2.92. The van der Waals surface area contributed by atoms with E-state index in [0.717, 1.165) is 0 Å². The molecule has 1 rings (SSSR count). The molecule has 1 unspecified atom stereocenters. The molecule has 88 valence electrons. The molecule has 0 spiro atoms. The maximum absolute atomic E-state index is 10.9. The summed E-state index contributed by atoms with van der Waals surface area (Å²) < 4.78 is 11.0. The quantitative estimate of drug-likeness (QED) is 0.925. The third kappa shape index (κ3) is 2.47. The Morgan fingerprint density at radius 3 is 2.44 bits per heavy atom. The highest BCUT2D eigenvalue weighted by Crippen LogP contribution is 2.38. The van der Waals surface area contributed by atoms with Crippen molar-refractivity contribution in [2.24, 2.45) is 0 Å². The van der Waals surface area contributed by atoms with E-state index in [2.05, 4.69) is 15.9 Å². The van der Waals surface area contributed by atoms with Crippen LogP contribution in [0.15, 0.2) is 16.6 Å². The summed E-state index contributed by atoms with van der Waals surface area (Å²) >= 11 is 3.32. The van der Waals surface area contributed by atoms with E-state index in [1.165, 1.54) is 14.2 Å². The first-order chi connectivity index (χ1) is 7.51. The molecule has 5 heteroatoms. The van der Waals surface area contributed by atoms with Crippen LogP contribution < -0.4 is 9.47 Å². The van der Waals surface area contributed by atoms with E-state index in [1.807, 2.05) is 0 Å². The number of aliphatic carboxylic acids is 1. The molecule has 0 aromatic heterocycles. The van der Waals surface area contributed by atoms with Crippen molar-refractivity contribution in [3.05, 3.63) is 22.2 Å². The second-order valence-corrected chi connectivity index (χ2v) is 4.15. The Kier molecular flexibility index (Phi) is 4.18. The fourth-order valence-electron chi connectivity index (χ4n) is 1.33. The molecule has 0 fully saturated rings. The second-order valence-electron chi connectivity index (χ2n) is 3.30. The highest BCUT2D eigenvalue weighted by atomic mass is 79.9. The van der Waals surface area contributed by atoms with E-state index in [0.29, 0.717) is 21.5 Å². The summed E-state index contributed by atoms with van der Waals surface area (Å²) in [5.74, 6) is -0.390. The van der Waals surface area contributed by atoms with Gasteiger partial charge >= 0.3 is 5.97 Å². The number of carbonyl (C=O) groups is 1. The van der Waals surface area contributed by atoms with E-state index in [-0.39, 0.29) is 0 Å². The van der Waals surface area contributed by atoms with Gasteiger partial charge in [0.05, 0.1) is 24.6 Å². The molecule has 1 N–H and O–H groups in total. The van der Waals surface area contributed by atoms with Crippen LogP contribution in [0.4, 0.5) is 0 Å². The van der Waals surface area contributed by atoms with Gasteiger partial charge in [0.2, 0.25) is 0 Å². The number of methoxy groups -OCH3 is 2. The van der Waals surface area contributed by atoms with Crippen LogP contribution in [0.5, 0.6) is 11.5 Å². The minimum Gasteiger partial charge on any atom is -0.493 e. The van der Waals surface area contributed by atoms with Crippen LogP contribution in [0.1, 0.15) is 18.4 Å². The normalized spacial score (nSPS) is 12.0. The van der Waals surface area contributed by atoms with Crippen molar-refractivity contribution in [3.8, 4) is 11.5 Å². The number of hydrogen-bond donors (Lipinski definition) is 1. The number of rotatable bonds is 4. The average Bonchev–Trinajstić information content (AvgIpc) is 2.26. The third-order valence-electron chi connectivity index (χ3n) is 2.33. The zero-order valence-electron chi connectivity index (χ0n) is 9.28. The lowest BCUT2D eigenvalue weighted by Crippen LogP contribution is -2.08. The largest absolute Gasteiger partial charge is 0.493 e. The molecular formula is C11H13BrO4. The SMILES string of the molecule is COc1cc(C(C)C(=O)O)cc(Br)c1OC. The van der Waals surface area contributed by atoms with Crippen molar-refractivity contribution in [2.45, 2.75) is 12.8 Å². The minimum atomic E-state index is -0.876. The first-order valence-corrected chi connectivity index (χ1v) is 5.44. The second kappa shape index (κ2) is 5.21. The van der Waals surface area contributed by atoms with Gasteiger partial charge < -0.3 is 14.6 Å². The van der Waals surface area contributed by atoms with Crippen LogP contribution >= 0.6 is 15.9 Å². The molecule has 4 nitrogen and oxygen atoms in total. The van der Waals surface area contributed by atoms with E-state index in [9.17, 15) is 4.79 Å². The highest BCUT2D eigenvalue weighted by Gasteiger charge is 2.18. The van der Waals surface area contributed by atoms with Crippen LogP contribution in [0.25, 0.3) is 0 Å². The molecule has 0 radical (unpaired) electrons. The Hall–Kier alpha value is -1.23.